The molecule has 38 heteroatoms. The second-order valence-electron chi connectivity index (χ2n) is 22.3. The van der Waals surface area contributed by atoms with Gasteiger partial charge in [0.15, 0.2) is 50.2 Å². The lowest BCUT2D eigenvalue weighted by atomic mass is 9.95. The number of aliphatic hydroxyl groups is 20. The van der Waals surface area contributed by atoms with Gasteiger partial charge in [-0.2, -0.15) is 0 Å². The molecule has 14 bridgehead atoms. The van der Waals surface area contributed by atoms with E-state index in [1.54, 1.807) is 23.9 Å². The van der Waals surface area contributed by atoms with Gasteiger partial charge in [0.2, 0.25) is 5.69 Å². The quantitative estimate of drug-likeness (QED) is 0.0423. The summed E-state index contributed by atoms with van der Waals surface area (Å²) in [5, 5.41) is 236. The number of hydrogen-bond donors (Lipinski definition) is 21. The number of ether oxygens (including phenoxy) is 15. The molecule has 15 fully saturated rings. The molecule has 21 N–H and O–H groups in total. The maximum atomic E-state index is 12.2. The Bertz CT molecular complexity index is 2370. The van der Waals surface area contributed by atoms with E-state index in [0.29, 0.717) is 11.3 Å². The van der Waals surface area contributed by atoms with Gasteiger partial charge in [-0.05, 0) is 5.56 Å². The lowest BCUT2D eigenvalue weighted by molar-refractivity contribution is -0.672. The van der Waals surface area contributed by atoms with E-state index in [-0.39, 0.29) is 0 Å². The Kier molecular flexibility index (Phi) is 23.8. The lowest BCUT2D eigenvalue weighted by Gasteiger charge is -2.50. The molecule has 0 unspecified atom stereocenters. The van der Waals surface area contributed by atoms with Gasteiger partial charge in [-0.1, -0.05) is 5.16 Å². The van der Waals surface area contributed by atoms with Crippen molar-refractivity contribution in [2.24, 2.45) is 12.2 Å². The summed E-state index contributed by atoms with van der Waals surface area (Å²) in [6, 6.07) is 3.07. The minimum atomic E-state index is -2.23. The molecule has 0 radical (unpaired) electrons. The summed E-state index contributed by atoms with van der Waals surface area (Å²) >= 11 is 0. The first kappa shape index (κ1) is 69.6. The molecule has 16 rings (SSSR count). The minimum Gasteiger partial charge on any atom is -0.411 e. The highest BCUT2D eigenvalue weighted by molar-refractivity contribution is 5.74. The summed E-state index contributed by atoms with van der Waals surface area (Å²) < 4.78 is 89.3. The van der Waals surface area contributed by atoms with E-state index in [1.165, 1.54) is 6.07 Å². The largest absolute Gasteiger partial charge is 0.411 e. The van der Waals surface area contributed by atoms with Gasteiger partial charge >= 0.3 is 0 Å². The molecule has 15 aliphatic rings. The van der Waals surface area contributed by atoms with Gasteiger partial charge in [0.05, 0.1) is 52.9 Å². The standard InChI is InChI=1S/C50H78N2O36/c1-52-3-2-14(4-15(52)5-51-73)13-74-43-35(72)42-22(12-59)81-50(43)88-41-21(11-58)80-48(34(71)28(41)65)86-39-19(9-56)78-46(32(69)26(39)63)84-37-17(7-54)76-44(30(67)24(37)61)82-36-16(6-53)75-45(29(66)23(36)60)83-38-18(8-55)77-47(31(68)25(38)62)85-40-20(10-57)79-49(87-42)33(70)27(40)64/h2-5,16-50,53-72H,6-13H2,1H3/p+1/t16-,17-,18-,19-,20-,21-,22-,23-,24-,25-,26-,27-,28-,29-,30-,31-,32-,33-,34-,35+,36-,37-,38-,39-,40-,41-,42-,43-,44-,45-,46-,47-,48-,49-,50-/m1/s1. The molecule has 0 aromatic carbocycles. The number of nitrogens with zero attached hydrogens (tertiary/aromatic N) is 2. The van der Waals surface area contributed by atoms with Gasteiger partial charge in [0, 0.05) is 12.1 Å². The number of aromatic nitrogens is 1. The predicted octanol–water partition coefficient (Wildman–Crippen LogP) is -14.4. The summed E-state index contributed by atoms with van der Waals surface area (Å²) in [5.74, 6) is 0. The number of pyridine rings is 1. The maximum Gasteiger partial charge on any atom is 0.227 e. The van der Waals surface area contributed by atoms with Gasteiger partial charge in [-0.3, -0.25) is 0 Å². The van der Waals surface area contributed by atoms with Crippen LogP contribution < -0.4 is 4.57 Å². The molecule has 1 aromatic rings. The average molecular weight is 1280 g/mol. The Morgan fingerprint density at radius 1 is 0.364 bits per heavy atom. The van der Waals surface area contributed by atoms with E-state index in [9.17, 15) is 107 Å². The summed E-state index contributed by atoms with van der Waals surface area (Å²) in [7, 11) is 1.62. The van der Waals surface area contributed by atoms with Crippen LogP contribution in [0.15, 0.2) is 23.5 Å². The topological polar surface area (TPSA) is 580 Å². The van der Waals surface area contributed by atoms with Crippen LogP contribution in [0.4, 0.5) is 0 Å². The fourth-order valence-corrected chi connectivity index (χ4v) is 11.7. The fourth-order valence-electron chi connectivity index (χ4n) is 11.7. The van der Waals surface area contributed by atoms with Crippen molar-refractivity contribution in [3.63, 3.8) is 0 Å². The van der Waals surface area contributed by atoms with Crippen LogP contribution >= 0.6 is 0 Å². The van der Waals surface area contributed by atoms with Gasteiger partial charge in [0.25, 0.3) is 0 Å². The zero-order valence-electron chi connectivity index (χ0n) is 46.6. The van der Waals surface area contributed by atoms with E-state index >= 15 is 0 Å². The number of hydrogen-bond acceptors (Lipinski definition) is 37. The molecule has 504 valence electrons. The SMILES string of the molecule is C[n+]1ccc(CO[C@H]2[C@H]3O[C@H]4[C@H](O)[C@@H](O)[C@@H](O[C@H]5[C@H](O)[C@@H](O)[C@@H](O[C@H]6[C@H](O)[C@@H](O)[C@@H](O[C@H]7[C@H](O)[C@@H](O)[C@@H](O[C@H]8[C@H](O)[C@@H](O)[C@@H](O[C@H]9[C@H](O)[C@@H](O)[C@@H](O[C@@H]([C@@H]2O)[C@@H](CO)O3)O[C@@H]9CO)O[C@@H]8CO)O[C@@H]7CO)O[C@@H]6CO)O[C@@H]5CO)O[C@@H]4CO)cc1C=NO. The Morgan fingerprint density at radius 2 is 0.602 bits per heavy atom. The van der Waals surface area contributed by atoms with E-state index in [4.69, 9.17) is 71.1 Å². The summed E-state index contributed by atoms with van der Waals surface area (Å²) in [6.07, 6.45) is -67.6. The van der Waals surface area contributed by atoms with Crippen molar-refractivity contribution in [3.8, 4) is 0 Å². The summed E-state index contributed by atoms with van der Waals surface area (Å²) in [4.78, 5) is 0. The monoisotopic (exact) mass is 1280 g/mol. The van der Waals surface area contributed by atoms with Crippen LogP contribution in [-0.4, -0.2) is 375 Å². The molecular formula is C50H79N2O36+. The van der Waals surface area contributed by atoms with Crippen molar-refractivity contribution < 1.29 is 183 Å². The van der Waals surface area contributed by atoms with E-state index in [2.05, 4.69) is 5.16 Å². The second kappa shape index (κ2) is 30.1. The first-order valence-electron chi connectivity index (χ1n) is 28.1. The normalized spacial score (nSPS) is 50.0. The highest BCUT2D eigenvalue weighted by Crippen LogP contribution is 2.39. The average Bonchev–Trinajstić information content (AvgIpc) is 2.57. The minimum absolute atomic E-state index is 0.343. The van der Waals surface area contributed by atoms with Gasteiger partial charge in [0.1, 0.15) is 184 Å². The van der Waals surface area contributed by atoms with Gasteiger partial charge in [-0.25, -0.2) is 4.57 Å². The van der Waals surface area contributed by atoms with Gasteiger partial charge in [-0.15, -0.1) is 0 Å². The molecule has 38 nitrogen and oxygen atoms in total. The first-order valence-corrected chi connectivity index (χ1v) is 28.1. The Morgan fingerprint density at radius 3 is 0.852 bits per heavy atom. The fraction of sp³-hybridized carbons (Fsp3) is 0.880. The molecule has 0 amide bonds. The molecular weight excluding hydrogens is 1200 g/mol. The van der Waals surface area contributed by atoms with Crippen LogP contribution in [-0.2, 0) is 84.7 Å². The predicted molar refractivity (Wildman–Crippen MR) is 268 cm³/mol. The van der Waals surface area contributed by atoms with Crippen LogP contribution in [0.5, 0.6) is 0 Å². The van der Waals surface area contributed by atoms with E-state index < -0.39 is 268 Å². The number of fused-ring (bicyclic) bond motifs is 7. The second-order valence-corrected chi connectivity index (χ2v) is 22.3. The maximum absolute atomic E-state index is 12.2. The third-order valence-electron chi connectivity index (χ3n) is 16.6. The number of rotatable bonds is 11. The molecule has 15 saturated heterocycles. The Balaban J connectivity index is 1.03. The zero-order valence-corrected chi connectivity index (χ0v) is 46.6. The third-order valence-corrected chi connectivity index (χ3v) is 16.6. The molecule has 35 atom stereocenters. The zero-order chi connectivity index (χ0) is 63.7. The molecule has 1 aromatic heterocycles. The molecule has 0 spiro atoms. The van der Waals surface area contributed by atoms with Crippen LogP contribution in [0, 0.1) is 0 Å². The van der Waals surface area contributed by atoms with Crippen LogP contribution in [0.1, 0.15) is 11.3 Å². The summed E-state index contributed by atoms with van der Waals surface area (Å²) in [6.45, 7) is -7.83. The molecule has 16 heterocycles. The first-order chi connectivity index (χ1) is 42.1. The van der Waals surface area contributed by atoms with Crippen molar-refractivity contribution in [1.29, 1.82) is 0 Å². The number of oxime groups is 1. The number of aliphatic hydroxyl groups excluding tert-OH is 20. The van der Waals surface area contributed by atoms with E-state index in [1.807, 2.05) is 0 Å². The highest BCUT2D eigenvalue weighted by Gasteiger charge is 2.60. The Labute approximate surface area is 497 Å². The van der Waals surface area contributed by atoms with Crippen LogP contribution in [0.2, 0.25) is 0 Å². The lowest BCUT2D eigenvalue weighted by Crippen LogP contribution is -2.68. The highest BCUT2D eigenvalue weighted by atomic mass is 16.8. The van der Waals surface area contributed by atoms with Crippen LogP contribution in [0.3, 0.4) is 0 Å². The van der Waals surface area contributed by atoms with Crippen LogP contribution in [0.25, 0.3) is 0 Å². The van der Waals surface area contributed by atoms with Crippen molar-refractivity contribution in [2.45, 2.75) is 222 Å². The molecule has 0 saturated carbocycles. The van der Waals surface area contributed by atoms with Gasteiger partial charge < -0.3 is 178 Å². The number of aryl methyl sites for hydroxylation is 1. The van der Waals surface area contributed by atoms with Crippen molar-refractivity contribution in [3.05, 3.63) is 29.6 Å². The summed E-state index contributed by atoms with van der Waals surface area (Å²) in [5.41, 5.74) is 0.700. The van der Waals surface area contributed by atoms with E-state index in [0.717, 1.165) is 6.21 Å². The van der Waals surface area contributed by atoms with Crippen molar-refractivity contribution in [1.82, 2.24) is 0 Å². The van der Waals surface area contributed by atoms with Crippen molar-refractivity contribution >= 4 is 6.21 Å². The van der Waals surface area contributed by atoms with Crippen molar-refractivity contribution in [2.75, 3.05) is 46.2 Å². The molecule has 0 aliphatic carbocycles. The smallest absolute Gasteiger partial charge is 0.227 e. The molecule has 88 heavy (non-hydrogen) atoms. The molecule has 15 aliphatic heterocycles. The Hall–Kier alpha value is -2.78. The third kappa shape index (κ3) is 14.0.